The molecule has 0 bridgehead atoms. The van der Waals surface area contributed by atoms with Crippen molar-refractivity contribution in [1.82, 2.24) is 24.5 Å². The Hall–Kier alpha value is -2.79. The summed E-state index contributed by atoms with van der Waals surface area (Å²) in [4.78, 5) is 21.4. The largest absolute Gasteiger partial charge is 0.343 e. The van der Waals surface area contributed by atoms with Gasteiger partial charge in [0.25, 0.3) is 15.9 Å². The minimum atomic E-state index is -4.02. The summed E-state index contributed by atoms with van der Waals surface area (Å²) in [6, 6.07) is 13.0. The number of amides is 1. The van der Waals surface area contributed by atoms with E-state index in [-0.39, 0.29) is 15.5 Å². The molecule has 158 valence electrons. The average Bonchev–Trinajstić information content (AvgIpc) is 3.26. The molecule has 0 fully saturated rings. The molecule has 0 radical (unpaired) electrons. The number of benzene rings is 2. The van der Waals surface area contributed by atoms with Crippen molar-refractivity contribution >= 4 is 27.5 Å². The topological polar surface area (TPSA) is 106 Å². The second kappa shape index (κ2) is 9.35. The zero-order valence-corrected chi connectivity index (χ0v) is 17.8. The Morgan fingerprint density at radius 2 is 2.00 bits per heavy atom. The van der Waals surface area contributed by atoms with Crippen LogP contribution in [0.25, 0.3) is 0 Å². The third kappa shape index (κ3) is 4.85. The van der Waals surface area contributed by atoms with E-state index in [0.717, 1.165) is 5.56 Å². The van der Waals surface area contributed by atoms with Crippen molar-refractivity contribution < 1.29 is 18.0 Å². The fourth-order valence-electron chi connectivity index (χ4n) is 2.75. The highest BCUT2D eigenvalue weighted by atomic mass is 35.5. The van der Waals surface area contributed by atoms with Crippen molar-refractivity contribution in [2.75, 3.05) is 14.2 Å². The number of aromatic nitrogens is 3. The number of nitrogens with zero attached hydrogens (tertiary/aromatic N) is 4. The van der Waals surface area contributed by atoms with Crippen LogP contribution in [0.15, 0.2) is 66.1 Å². The van der Waals surface area contributed by atoms with E-state index in [1.165, 1.54) is 38.7 Å². The number of carbonyl (C=O) groups excluding carboxylic acids is 1. The van der Waals surface area contributed by atoms with Crippen LogP contribution in [-0.4, -0.2) is 47.7 Å². The van der Waals surface area contributed by atoms with Crippen LogP contribution in [0.5, 0.6) is 0 Å². The molecule has 0 saturated heterocycles. The first-order valence-corrected chi connectivity index (χ1v) is 10.7. The maximum absolute atomic E-state index is 12.9. The molecule has 0 saturated carbocycles. The minimum Gasteiger partial charge on any atom is -0.343 e. The van der Waals surface area contributed by atoms with Crippen molar-refractivity contribution in [2.24, 2.45) is 0 Å². The number of carbonyl (C=O) groups is 1. The van der Waals surface area contributed by atoms with Gasteiger partial charge in [0.05, 0.1) is 24.7 Å². The minimum absolute atomic E-state index is 0.0160. The summed E-state index contributed by atoms with van der Waals surface area (Å²) in [6.45, 7) is 0.348. The van der Waals surface area contributed by atoms with Crippen molar-refractivity contribution in [3.8, 4) is 0 Å². The van der Waals surface area contributed by atoms with E-state index in [1.807, 2.05) is 30.3 Å². The SMILES string of the molecule is CON(C)S(=O)(=O)c1cc(C(=O)NC(Cn2cncn2)c2ccccc2)ccc1Cl. The lowest BCUT2D eigenvalue weighted by molar-refractivity contribution is -0.0258. The second-order valence-corrected chi connectivity index (χ2v) is 8.61. The van der Waals surface area contributed by atoms with Crippen LogP contribution in [0.2, 0.25) is 5.02 Å². The number of hydrogen-bond donors (Lipinski definition) is 1. The highest BCUT2D eigenvalue weighted by Crippen LogP contribution is 2.26. The molecule has 3 aromatic rings. The van der Waals surface area contributed by atoms with Crippen molar-refractivity contribution in [3.63, 3.8) is 0 Å². The molecule has 3 rings (SSSR count). The molecule has 1 N–H and O–H groups in total. The molecular weight excluding hydrogens is 430 g/mol. The lowest BCUT2D eigenvalue weighted by Gasteiger charge is -2.20. The number of nitrogens with one attached hydrogen (secondary N) is 1. The van der Waals surface area contributed by atoms with E-state index >= 15 is 0 Å². The van der Waals surface area contributed by atoms with Gasteiger partial charge in [-0.1, -0.05) is 46.4 Å². The Bertz CT molecular complexity index is 1110. The highest BCUT2D eigenvalue weighted by Gasteiger charge is 2.26. The molecular formula is C19H20ClN5O4S. The van der Waals surface area contributed by atoms with Crippen LogP contribution in [0.3, 0.4) is 0 Å². The van der Waals surface area contributed by atoms with E-state index in [4.69, 9.17) is 16.4 Å². The molecule has 0 aliphatic carbocycles. The third-order valence-electron chi connectivity index (χ3n) is 4.41. The molecule has 1 heterocycles. The molecule has 9 nitrogen and oxygen atoms in total. The Morgan fingerprint density at radius 3 is 2.63 bits per heavy atom. The van der Waals surface area contributed by atoms with Gasteiger partial charge in [-0.2, -0.15) is 5.10 Å². The third-order valence-corrected chi connectivity index (χ3v) is 6.57. The van der Waals surface area contributed by atoms with Crippen LogP contribution in [-0.2, 0) is 21.4 Å². The predicted octanol–water partition coefficient (Wildman–Crippen LogP) is 2.28. The Kier molecular flexibility index (Phi) is 6.83. The Balaban J connectivity index is 1.90. The van der Waals surface area contributed by atoms with E-state index < -0.39 is 22.0 Å². The maximum Gasteiger partial charge on any atom is 0.266 e. The smallest absolute Gasteiger partial charge is 0.266 e. The number of hydrogen-bond acceptors (Lipinski definition) is 6. The summed E-state index contributed by atoms with van der Waals surface area (Å²) >= 11 is 6.07. The van der Waals surface area contributed by atoms with Gasteiger partial charge in [0.15, 0.2) is 0 Å². The van der Waals surface area contributed by atoms with Crippen molar-refractivity contribution in [1.29, 1.82) is 0 Å². The van der Waals surface area contributed by atoms with Crippen LogP contribution in [0.4, 0.5) is 0 Å². The number of hydroxylamine groups is 1. The van der Waals surface area contributed by atoms with Crippen LogP contribution >= 0.6 is 11.6 Å². The number of rotatable bonds is 8. The monoisotopic (exact) mass is 449 g/mol. The molecule has 30 heavy (non-hydrogen) atoms. The number of sulfonamides is 1. The van der Waals surface area contributed by atoms with E-state index in [1.54, 1.807) is 11.0 Å². The summed E-state index contributed by atoms with van der Waals surface area (Å²) in [7, 11) is -1.56. The van der Waals surface area contributed by atoms with Gasteiger partial charge in [0.1, 0.15) is 17.6 Å². The normalized spacial score (nSPS) is 12.7. The first kappa shape index (κ1) is 21.9. The Labute approximate surface area is 179 Å². The highest BCUT2D eigenvalue weighted by molar-refractivity contribution is 7.89. The molecule has 1 atom stereocenters. The lowest BCUT2D eigenvalue weighted by Crippen LogP contribution is -2.32. The summed E-state index contributed by atoms with van der Waals surface area (Å²) in [5, 5.41) is 6.99. The standard InChI is InChI=1S/C19H20ClN5O4S/c1-24(29-2)30(27,28)18-10-15(8-9-16(18)20)19(26)23-17(11-25-13-21-12-22-25)14-6-4-3-5-7-14/h3-10,12-13,17H,11H2,1-2H3,(H,23,26). The van der Waals surface area contributed by atoms with Gasteiger partial charge in [0.2, 0.25) is 0 Å². The fourth-order valence-corrected chi connectivity index (χ4v) is 4.23. The zero-order valence-electron chi connectivity index (χ0n) is 16.3. The van der Waals surface area contributed by atoms with Crippen LogP contribution < -0.4 is 5.32 Å². The summed E-state index contributed by atoms with van der Waals surface area (Å²) in [6.07, 6.45) is 2.96. The molecule has 0 aliphatic heterocycles. The van der Waals surface area contributed by atoms with Crippen LogP contribution in [0, 0.1) is 0 Å². The van der Waals surface area contributed by atoms with Crippen molar-refractivity contribution in [2.45, 2.75) is 17.5 Å². The van der Waals surface area contributed by atoms with Gasteiger partial charge >= 0.3 is 0 Å². The average molecular weight is 450 g/mol. The Morgan fingerprint density at radius 1 is 1.27 bits per heavy atom. The fraction of sp³-hybridized carbons (Fsp3) is 0.211. The van der Waals surface area contributed by atoms with Gasteiger partial charge in [-0.3, -0.25) is 14.3 Å². The van der Waals surface area contributed by atoms with Gasteiger partial charge in [-0.25, -0.2) is 13.4 Å². The molecule has 1 unspecified atom stereocenters. The van der Waals surface area contributed by atoms with Gasteiger partial charge in [0, 0.05) is 12.6 Å². The predicted molar refractivity (Wildman–Crippen MR) is 110 cm³/mol. The quantitative estimate of drug-likeness (QED) is 0.529. The first-order valence-electron chi connectivity index (χ1n) is 8.83. The molecule has 2 aromatic carbocycles. The van der Waals surface area contributed by atoms with E-state index in [0.29, 0.717) is 11.0 Å². The zero-order chi connectivity index (χ0) is 21.7. The molecule has 1 amide bonds. The number of halogens is 1. The maximum atomic E-state index is 12.9. The summed E-state index contributed by atoms with van der Waals surface area (Å²) < 4.78 is 27.4. The first-order chi connectivity index (χ1) is 14.3. The van der Waals surface area contributed by atoms with Gasteiger partial charge in [-0.05, 0) is 23.8 Å². The molecule has 1 aromatic heterocycles. The molecule has 0 aliphatic rings. The second-order valence-electron chi connectivity index (χ2n) is 6.30. The summed E-state index contributed by atoms with van der Waals surface area (Å²) in [5.41, 5.74) is 1.00. The summed E-state index contributed by atoms with van der Waals surface area (Å²) in [5.74, 6) is -0.461. The molecule has 11 heteroatoms. The van der Waals surface area contributed by atoms with E-state index in [9.17, 15) is 13.2 Å². The van der Waals surface area contributed by atoms with Crippen LogP contribution in [0.1, 0.15) is 22.0 Å². The molecule has 0 spiro atoms. The van der Waals surface area contributed by atoms with Crippen molar-refractivity contribution in [3.05, 3.63) is 77.3 Å². The lowest BCUT2D eigenvalue weighted by atomic mass is 10.1. The van der Waals surface area contributed by atoms with Gasteiger partial charge < -0.3 is 5.32 Å². The van der Waals surface area contributed by atoms with Gasteiger partial charge in [-0.15, -0.1) is 0 Å². The van der Waals surface area contributed by atoms with E-state index in [2.05, 4.69) is 15.4 Å².